The minimum absolute atomic E-state index is 0.135. The predicted octanol–water partition coefficient (Wildman–Crippen LogP) is 3.08. The zero-order chi connectivity index (χ0) is 17.1. The first-order valence-electron chi connectivity index (χ1n) is 8.66. The molecular formula is C20H21N3O2. The van der Waals surface area contributed by atoms with Gasteiger partial charge in [0.2, 0.25) is 0 Å². The van der Waals surface area contributed by atoms with Gasteiger partial charge in [0.15, 0.2) is 5.76 Å². The second kappa shape index (κ2) is 7.07. The van der Waals surface area contributed by atoms with Gasteiger partial charge in [-0.05, 0) is 48.7 Å². The van der Waals surface area contributed by atoms with Gasteiger partial charge in [0.25, 0.3) is 5.91 Å². The summed E-state index contributed by atoms with van der Waals surface area (Å²) in [4.78, 5) is 18.8. The fourth-order valence-corrected chi connectivity index (χ4v) is 3.39. The van der Waals surface area contributed by atoms with Crippen LogP contribution in [0.25, 0.3) is 11.0 Å². The van der Waals surface area contributed by atoms with Crippen LogP contribution in [-0.2, 0) is 6.54 Å². The van der Waals surface area contributed by atoms with Crippen molar-refractivity contribution in [3.8, 4) is 0 Å². The first kappa shape index (κ1) is 15.8. The van der Waals surface area contributed by atoms with Crippen molar-refractivity contribution in [2.45, 2.75) is 13.0 Å². The maximum absolute atomic E-state index is 12.3. The van der Waals surface area contributed by atoms with E-state index in [0.717, 1.165) is 37.0 Å². The highest BCUT2D eigenvalue weighted by molar-refractivity contribution is 5.96. The first-order valence-corrected chi connectivity index (χ1v) is 8.66. The number of carbonyl (C=O) groups excluding carboxylic acids is 1. The van der Waals surface area contributed by atoms with Crippen LogP contribution in [0.15, 0.2) is 59.3 Å². The van der Waals surface area contributed by atoms with E-state index in [4.69, 9.17) is 4.42 Å². The third-order valence-corrected chi connectivity index (χ3v) is 4.73. The summed E-state index contributed by atoms with van der Waals surface area (Å²) in [7, 11) is 0. The van der Waals surface area contributed by atoms with Gasteiger partial charge < -0.3 is 9.73 Å². The molecule has 0 saturated carbocycles. The normalized spacial score (nSPS) is 17.8. The van der Waals surface area contributed by atoms with Crippen molar-refractivity contribution in [1.29, 1.82) is 0 Å². The number of para-hydroxylation sites is 1. The van der Waals surface area contributed by atoms with Crippen LogP contribution in [-0.4, -0.2) is 35.4 Å². The highest BCUT2D eigenvalue weighted by atomic mass is 16.3. The van der Waals surface area contributed by atoms with Crippen molar-refractivity contribution in [3.63, 3.8) is 0 Å². The smallest absolute Gasteiger partial charge is 0.287 e. The Morgan fingerprint density at radius 3 is 2.92 bits per heavy atom. The average Bonchev–Trinajstić information content (AvgIpc) is 3.27. The summed E-state index contributed by atoms with van der Waals surface area (Å²) in [6.45, 7) is 3.69. The summed E-state index contributed by atoms with van der Waals surface area (Å²) in [6.07, 6.45) is 4.76. The van der Waals surface area contributed by atoms with E-state index >= 15 is 0 Å². The lowest BCUT2D eigenvalue weighted by Crippen LogP contribution is -2.30. The second-order valence-corrected chi connectivity index (χ2v) is 6.60. The van der Waals surface area contributed by atoms with Crippen molar-refractivity contribution >= 4 is 16.9 Å². The second-order valence-electron chi connectivity index (χ2n) is 6.60. The van der Waals surface area contributed by atoms with Crippen molar-refractivity contribution in [2.24, 2.45) is 5.92 Å². The van der Waals surface area contributed by atoms with Gasteiger partial charge in [-0.25, -0.2) is 0 Å². The van der Waals surface area contributed by atoms with Gasteiger partial charge in [0.1, 0.15) is 5.58 Å². The number of aromatic nitrogens is 1. The van der Waals surface area contributed by atoms with E-state index in [1.165, 1.54) is 5.56 Å². The Kier molecular flexibility index (Phi) is 4.48. The van der Waals surface area contributed by atoms with E-state index < -0.39 is 0 Å². The summed E-state index contributed by atoms with van der Waals surface area (Å²) < 4.78 is 5.62. The molecule has 5 nitrogen and oxygen atoms in total. The number of carbonyl (C=O) groups is 1. The Morgan fingerprint density at radius 2 is 2.08 bits per heavy atom. The van der Waals surface area contributed by atoms with Crippen molar-refractivity contribution in [3.05, 3.63) is 66.2 Å². The van der Waals surface area contributed by atoms with Crippen molar-refractivity contribution in [2.75, 3.05) is 19.6 Å². The molecule has 25 heavy (non-hydrogen) atoms. The molecule has 0 radical (unpaired) electrons. The molecule has 5 heteroatoms. The van der Waals surface area contributed by atoms with E-state index in [9.17, 15) is 4.79 Å². The molecule has 1 aromatic carbocycles. The number of hydrogen-bond acceptors (Lipinski definition) is 4. The van der Waals surface area contributed by atoms with Gasteiger partial charge in [0.05, 0.1) is 0 Å². The summed E-state index contributed by atoms with van der Waals surface area (Å²) in [5.41, 5.74) is 2.03. The van der Waals surface area contributed by atoms with Gasteiger partial charge in [0, 0.05) is 37.4 Å². The lowest BCUT2D eigenvalue weighted by molar-refractivity contribution is 0.0921. The van der Waals surface area contributed by atoms with Gasteiger partial charge >= 0.3 is 0 Å². The molecule has 1 atom stereocenters. The van der Waals surface area contributed by atoms with Gasteiger partial charge in [-0.3, -0.25) is 14.7 Å². The molecule has 2 aromatic heterocycles. The molecule has 3 aromatic rings. The molecule has 1 aliphatic heterocycles. The summed E-state index contributed by atoms with van der Waals surface area (Å²) >= 11 is 0. The molecule has 1 aliphatic rings. The predicted molar refractivity (Wildman–Crippen MR) is 96.2 cm³/mol. The summed E-state index contributed by atoms with van der Waals surface area (Å²) in [5.74, 6) is 0.729. The number of pyridine rings is 1. The molecule has 0 spiro atoms. The van der Waals surface area contributed by atoms with E-state index in [0.29, 0.717) is 18.2 Å². The SMILES string of the molecule is O=C(NC[C@@H]1CCN(Cc2ccncc2)C1)c1cc2ccccc2o1. The molecule has 1 amide bonds. The van der Waals surface area contributed by atoms with Crippen LogP contribution in [0.5, 0.6) is 0 Å². The number of likely N-dealkylation sites (tertiary alicyclic amines) is 1. The Bertz CT molecular complexity index is 827. The Morgan fingerprint density at radius 1 is 1.24 bits per heavy atom. The first-order chi connectivity index (χ1) is 12.3. The summed E-state index contributed by atoms with van der Waals surface area (Å²) in [6, 6.07) is 13.6. The molecule has 1 saturated heterocycles. The maximum atomic E-state index is 12.3. The molecule has 1 fully saturated rings. The van der Waals surface area contributed by atoms with E-state index in [1.807, 2.05) is 36.7 Å². The lowest BCUT2D eigenvalue weighted by Gasteiger charge is -2.16. The standard InChI is InChI=1S/C20H21N3O2/c24-20(19-11-17-3-1-2-4-18(17)25-19)22-12-16-7-10-23(14-16)13-15-5-8-21-9-6-15/h1-6,8-9,11,16H,7,10,12-14H2,(H,22,24)/t16-/m0/s1. The van der Waals surface area contributed by atoms with Crippen molar-refractivity contribution in [1.82, 2.24) is 15.2 Å². The van der Waals surface area contributed by atoms with Crippen LogP contribution >= 0.6 is 0 Å². The van der Waals surface area contributed by atoms with Crippen LogP contribution < -0.4 is 5.32 Å². The maximum Gasteiger partial charge on any atom is 0.287 e. The van der Waals surface area contributed by atoms with Crippen LogP contribution in [0.1, 0.15) is 22.5 Å². The topological polar surface area (TPSA) is 58.4 Å². The van der Waals surface area contributed by atoms with Crippen LogP contribution in [0, 0.1) is 5.92 Å². The number of nitrogens with one attached hydrogen (secondary N) is 1. The lowest BCUT2D eigenvalue weighted by atomic mass is 10.1. The largest absolute Gasteiger partial charge is 0.451 e. The number of furan rings is 1. The molecule has 128 valence electrons. The van der Waals surface area contributed by atoms with E-state index in [1.54, 1.807) is 6.07 Å². The number of nitrogens with zero attached hydrogens (tertiary/aromatic N) is 2. The Balaban J connectivity index is 1.29. The van der Waals surface area contributed by atoms with Gasteiger partial charge in [-0.2, -0.15) is 0 Å². The number of fused-ring (bicyclic) bond motifs is 1. The zero-order valence-corrected chi connectivity index (χ0v) is 14.0. The number of hydrogen-bond donors (Lipinski definition) is 1. The Labute approximate surface area is 146 Å². The number of benzene rings is 1. The van der Waals surface area contributed by atoms with E-state index in [-0.39, 0.29) is 5.91 Å². The number of rotatable bonds is 5. The highest BCUT2D eigenvalue weighted by Crippen LogP contribution is 2.20. The molecule has 0 bridgehead atoms. The van der Waals surface area contributed by atoms with Crippen LogP contribution in [0.4, 0.5) is 0 Å². The Hall–Kier alpha value is -2.66. The monoisotopic (exact) mass is 335 g/mol. The fraction of sp³-hybridized carbons (Fsp3) is 0.300. The van der Waals surface area contributed by atoms with Crippen LogP contribution in [0.2, 0.25) is 0 Å². The van der Waals surface area contributed by atoms with Gasteiger partial charge in [-0.15, -0.1) is 0 Å². The van der Waals surface area contributed by atoms with E-state index in [2.05, 4.69) is 27.3 Å². The van der Waals surface area contributed by atoms with Crippen LogP contribution in [0.3, 0.4) is 0 Å². The summed E-state index contributed by atoms with van der Waals surface area (Å²) in [5, 5.41) is 3.97. The highest BCUT2D eigenvalue weighted by Gasteiger charge is 2.23. The zero-order valence-electron chi connectivity index (χ0n) is 14.0. The molecule has 1 N–H and O–H groups in total. The molecule has 0 aliphatic carbocycles. The molecule has 4 rings (SSSR count). The third-order valence-electron chi connectivity index (χ3n) is 4.73. The molecule has 3 heterocycles. The fourth-order valence-electron chi connectivity index (χ4n) is 3.39. The minimum Gasteiger partial charge on any atom is -0.451 e. The van der Waals surface area contributed by atoms with Gasteiger partial charge in [-0.1, -0.05) is 18.2 Å². The molecule has 0 unspecified atom stereocenters. The minimum atomic E-state index is -0.135. The number of amides is 1. The quantitative estimate of drug-likeness (QED) is 0.778. The third kappa shape index (κ3) is 3.72. The average molecular weight is 335 g/mol. The molecular weight excluding hydrogens is 314 g/mol. The van der Waals surface area contributed by atoms with Crippen molar-refractivity contribution < 1.29 is 9.21 Å².